The van der Waals surface area contributed by atoms with Crippen LogP contribution < -0.4 is 10.5 Å². The maximum atomic E-state index is 10.6. The first kappa shape index (κ1) is 15.0. The van der Waals surface area contributed by atoms with Crippen molar-refractivity contribution in [1.82, 2.24) is 0 Å². The van der Waals surface area contributed by atoms with Gasteiger partial charge in [-0.15, -0.1) is 11.3 Å². The van der Waals surface area contributed by atoms with E-state index in [2.05, 4.69) is 6.92 Å². The lowest BCUT2D eigenvalue weighted by Crippen LogP contribution is -2.19. The molecule has 1 aromatic carbocycles. The first-order valence-electron chi connectivity index (χ1n) is 6.90. The number of nitrogens with two attached hydrogens (primary N) is 1. The Bertz CT molecular complexity index is 513. The molecule has 2 atom stereocenters. The molecule has 3 N–H and O–H groups in total. The summed E-state index contributed by atoms with van der Waals surface area (Å²) in [6, 6.07) is 11.6. The first-order valence-corrected chi connectivity index (χ1v) is 7.78. The van der Waals surface area contributed by atoms with Crippen LogP contribution in [0.3, 0.4) is 0 Å². The Labute approximate surface area is 124 Å². The van der Waals surface area contributed by atoms with Crippen molar-refractivity contribution >= 4 is 11.3 Å². The number of ether oxygens (including phenoxy) is 1. The van der Waals surface area contributed by atoms with Crippen molar-refractivity contribution in [3.8, 4) is 5.75 Å². The normalized spacial score (nSPS) is 13.9. The van der Waals surface area contributed by atoms with Gasteiger partial charge in [0.1, 0.15) is 5.75 Å². The van der Waals surface area contributed by atoms with Crippen molar-refractivity contribution in [1.29, 1.82) is 0 Å². The predicted molar refractivity (Wildman–Crippen MR) is 83.3 cm³/mol. The summed E-state index contributed by atoms with van der Waals surface area (Å²) in [5.74, 6) is 0.724. The standard InChI is InChI=1S/C16H21NO2S/c1-2-8-19-13-6-3-5-12(10-13)16(18)14(11-17)15-7-4-9-20-15/h3-7,9-10,14,16,18H,2,8,11,17H2,1H3. The number of thiophene rings is 1. The Hall–Kier alpha value is -1.36. The van der Waals surface area contributed by atoms with Crippen LogP contribution in [0.25, 0.3) is 0 Å². The highest BCUT2D eigenvalue weighted by atomic mass is 32.1. The van der Waals surface area contributed by atoms with Gasteiger partial charge < -0.3 is 15.6 Å². The second-order valence-corrected chi connectivity index (χ2v) is 5.70. The van der Waals surface area contributed by atoms with E-state index in [4.69, 9.17) is 10.5 Å². The fraction of sp³-hybridized carbons (Fsp3) is 0.375. The summed E-state index contributed by atoms with van der Waals surface area (Å²) in [5, 5.41) is 12.6. The van der Waals surface area contributed by atoms with Gasteiger partial charge in [0.25, 0.3) is 0 Å². The molecular formula is C16H21NO2S. The third kappa shape index (κ3) is 3.60. The fourth-order valence-corrected chi connectivity index (χ4v) is 3.01. The lowest BCUT2D eigenvalue weighted by molar-refractivity contribution is 0.148. The van der Waals surface area contributed by atoms with E-state index in [1.54, 1.807) is 11.3 Å². The van der Waals surface area contributed by atoms with E-state index in [1.165, 1.54) is 0 Å². The molecule has 108 valence electrons. The average molecular weight is 291 g/mol. The van der Waals surface area contributed by atoms with E-state index in [9.17, 15) is 5.11 Å². The maximum absolute atomic E-state index is 10.6. The van der Waals surface area contributed by atoms with Crippen LogP contribution in [0.15, 0.2) is 41.8 Å². The van der Waals surface area contributed by atoms with E-state index in [0.29, 0.717) is 13.2 Å². The van der Waals surface area contributed by atoms with Gasteiger partial charge in [0, 0.05) is 17.3 Å². The monoisotopic (exact) mass is 291 g/mol. The molecule has 1 heterocycles. The summed E-state index contributed by atoms with van der Waals surface area (Å²) in [4.78, 5) is 1.11. The van der Waals surface area contributed by atoms with Crippen LogP contribution in [0.4, 0.5) is 0 Å². The van der Waals surface area contributed by atoms with Gasteiger partial charge in [-0.2, -0.15) is 0 Å². The van der Waals surface area contributed by atoms with Gasteiger partial charge in [0.15, 0.2) is 0 Å². The average Bonchev–Trinajstić information content (AvgIpc) is 3.00. The first-order chi connectivity index (χ1) is 9.76. The lowest BCUT2D eigenvalue weighted by atomic mass is 9.94. The Morgan fingerprint density at radius 2 is 2.15 bits per heavy atom. The molecule has 0 fully saturated rings. The largest absolute Gasteiger partial charge is 0.494 e. The number of benzene rings is 1. The molecule has 0 aliphatic carbocycles. The van der Waals surface area contributed by atoms with Gasteiger partial charge >= 0.3 is 0 Å². The highest BCUT2D eigenvalue weighted by Gasteiger charge is 2.22. The minimum absolute atomic E-state index is 0.0728. The van der Waals surface area contributed by atoms with Crippen molar-refractivity contribution in [3.63, 3.8) is 0 Å². The Balaban J connectivity index is 2.16. The molecule has 20 heavy (non-hydrogen) atoms. The topological polar surface area (TPSA) is 55.5 Å². The van der Waals surface area contributed by atoms with Crippen LogP contribution in [0, 0.1) is 0 Å². The molecule has 2 aromatic rings. The van der Waals surface area contributed by atoms with Crippen LogP contribution in [-0.4, -0.2) is 18.3 Å². The molecule has 0 spiro atoms. The molecule has 0 aliphatic heterocycles. The fourth-order valence-electron chi connectivity index (χ4n) is 2.14. The molecule has 3 nitrogen and oxygen atoms in total. The molecule has 2 rings (SSSR count). The van der Waals surface area contributed by atoms with Gasteiger partial charge in [-0.05, 0) is 35.6 Å². The molecule has 0 radical (unpaired) electrons. The smallest absolute Gasteiger partial charge is 0.119 e. The highest BCUT2D eigenvalue weighted by Crippen LogP contribution is 2.33. The summed E-state index contributed by atoms with van der Waals surface area (Å²) in [6.45, 7) is 3.17. The molecule has 1 aromatic heterocycles. The molecule has 0 amide bonds. The van der Waals surface area contributed by atoms with Gasteiger partial charge in [0.2, 0.25) is 0 Å². The van der Waals surface area contributed by atoms with Crippen LogP contribution in [0.5, 0.6) is 5.75 Å². The third-order valence-electron chi connectivity index (χ3n) is 3.22. The summed E-state index contributed by atoms with van der Waals surface area (Å²) in [6.07, 6.45) is 0.358. The second-order valence-electron chi connectivity index (χ2n) is 4.72. The molecule has 0 aliphatic rings. The molecule has 0 bridgehead atoms. The predicted octanol–water partition coefficient (Wildman–Crippen LogP) is 3.31. The van der Waals surface area contributed by atoms with Gasteiger partial charge in [-0.25, -0.2) is 0 Å². The van der Waals surface area contributed by atoms with Crippen molar-refractivity contribution in [2.75, 3.05) is 13.2 Å². The van der Waals surface area contributed by atoms with Crippen molar-refractivity contribution in [2.24, 2.45) is 5.73 Å². The molecule has 0 saturated heterocycles. The van der Waals surface area contributed by atoms with Crippen molar-refractivity contribution < 1.29 is 9.84 Å². The minimum Gasteiger partial charge on any atom is -0.494 e. The zero-order valence-corrected chi connectivity index (χ0v) is 12.5. The molecular weight excluding hydrogens is 270 g/mol. The lowest BCUT2D eigenvalue weighted by Gasteiger charge is -2.21. The third-order valence-corrected chi connectivity index (χ3v) is 4.22. The van der Waals surface area contributed by atoms with Crippen molar-refractivity contribution in [3.05, 3.63) is 52.2 Å². The number of hydrogen-bond donors (Lipinski definition) is 2. The molecule has 4 heteroatoms. The maximum Gasteiger partial charge on any atom is 0.119 e. The van der Waals surface area contributed by atoms with E-state index < -0.39 is 6.10 Å². The Morgan fingerprint density at radius 3 is 2.80 bits per heavy atom. The van der Waals surface area contributed by atoms with Gasteiger partial charge in [-0.1, -0.05) is 25.1 Å². The Morgan fingerprint density at radius 1 is 1.30 bits per heavy atom. The number of rotatable bonds is 7. The van der Waals surface area contributed by atoms with Crippen LogP contribution in [0.1, 0.15) is 35.8 Å². The zero-order valence-electron chi connectivity index (χ0n) is 11.7. The van der Waals surface area contributed by atoms with Crippen LogP contribution in [-0.2, 0) is 0 Å². The number of aliphatic hydroxyl groups is 1. The van der Waals surface area contributed by atoms with E-state index >= 15 is 0 Å². The number of hydrogen-bond acceptors (Lipinski definition) is 4. The molecule has 0 saturated carbocycles. The summed E-state index contributed by atoms with van der Waals surface area (Å²) in [5.41, 5.74) is 6.69. The summed E-state index contributed by atoms with van der Waals surface area (Å²) in [7, 11) is 0. The molecule has 2 unspecified atom stereocenters. The summed E-state index contributed by atoms with van der Waals surface area (Å²) >= 11 is 1.63. The zero-order chi connectivity index (χ0) is 14.4. The van der Waals surface area contributed by atoms with E-state index in [0.717, 1.165) is 22.6 Å². The van der Waals surface area contributed by atoms with Crippen LogP contribution >= 0.6 is 11.3 Å². The van der Waals surface area contributed by atoms with E-state index in [1.807, 2.05) is 41.8 Å². The van der Waals surface area contributed by atoms with Crippen molar-refractivity contribution in [2.45, 2.75) is 25.4 Å². The quantitative estimate of drug-likeness (QED) is 0.823. The van der Waals surface area contributed by atoms with Gasteiger partial charge in [-0.3, -0.25) is 0 Å². The second kappa shape index (κ2) is 7.43. The van der Waals surface area contributed by atoms with Crippen LogP contribution in [0.2, 0.25) is 0 Å². The summed E-state index contributed by atoms with van der Waals surface area (Å²) < 4.78 is 5.61. The minimum atomic E-state index is -0.608. The van der Waals surface area contributed by atoms with Gasteiger partial charge in [0.05, 0.1) is 12.7 Å². The SMILES string of the molecule is CCCOc1cccc(C(O)C(CN)c2cccs2)c1. The number of aliphatic hydroxyl groups excluding tert-OH is 1. The highest BCUT2D eigenvalue weighted by molar-refractivity contribution is 7.10. The Kier molecular flexibility index (Phi) is 5.59. The van der Waals surface area contributed by atoms with E-state index in [-0.39, 0.29) is 5.92 Å².